The number of nitrogens with zero attached hydrogens (tertiary/aromatic N) is 4. The molecule has 0 unspecified atom stereocenters. The second-order valence-electron chi connectivity index (χ2n) is 7.86. The maximum atomic E-state index is 13.5. The van der Waals surface area contributed by atoms with E-state index in [1.165, 1.54) is 4.80 Å². The summed E-state index contributed by atoms with van der Waals surface area (Å²) in [6, 6.07) is 13.4. The lowest BCUT2D eigenvalue weighted by atomic mass is 9.93. The Morgan fingerprint density at radius 3 is 2.73 bits per heavy atom. The van der Waals surface area contributed by atoms with Crippen LogP contribution in [-0.4, -0.2) is 45.0 Å². The van der Waals surface area contributed by atoms with Gasteiger partial charge in [-0.2, -0.15) is 15.0 Å². The Hall–Kier alpha value is -2.86. The average molecular weight is 425 g/mol. The number of hydrogen-bond acceptors (Lipinski definition) is 4. The number of ether oxygens (including phenoxy) is 1. The van der Waals surface area contributed by atoms with Crippen LogP contribution < -0.4 is 4.74 Å². The highest BCUT2D eigenvalue weighted by atomic mass is 35.5. The Kier molecular flexibility index (Phi) is 6.04. The third-order valence-electron chi connectivity index (χ3n) is 5.54. The van der Waals surface area contributed by atoms with Crippen LogP contribution in [0.15, 0.2) is 54.9 Å². The van der Waals surface area contributed by atoms with Crippen molar-refractivity contribution in [1.29, 1.82) is 0 Å². The molecule has 156 valence electrons. The number of carbonyl (C=O) groups is 1. The standard InChI is InChI=1S/C23H25ClN4O2/c1-16-6-9-22(28-25-10-11-26-28)21(12-16)23(29)27-14-18(8-7-17(27)2)15-30-20-5-3-4-19(24)13-20/h3-6,9-13,17-18H,7-8,14-15H2,1-2H3/t17-,18+/m0/s1. The smallest absolute Gasteiger partial charge is 0.256 e. The zero-order valence-electron chi connectivity index (χ0n) is 17.2. The van der Waals surface area contributed by atoms with E-state index < -0.39 is 0 Å². The van der Waals surface area contributed by atoms with E-state index >= 15 is 0 Å². The van der Waals surface area contributed by atoms with Crippen molar-refractivity contribution in [2.75, 3.05) is 13.2 Å². The first-order valence-corrected chi connectivity index (χ1v) is 10.6. The summed E-state index contributed by atoms with van der Waals surface area (Å²) in [6.45, 7) is 5.30. The molecule has 0 bridgehead atoms. The normalized spacial score (nSPS) is 19.0. The fraction of sp³-hybridized carbons (Fsp3) is 0.348. The van der Waals surface area contributed by atoms with Gasteiger partial charge in [0.15, 0.2) is 0 Å². The van der Waals surface area contributed by atoms with Crippen LogP contribution in [0, 0.1) is 12.8 Å². The van der Waals surface area contributed by atoms with Gasteiger partial charge in [-0.05, 0) is 57.0 Å². The fourth-order valence-corrected chi connectivity index (χ4v) is 4.04. The molecule has 0 N–H and O–H groups in total. The van der Waals surface area contributed by atoms with E-state index in [-0.39, 0.29) is 17.9 Å². The Balaban J connectivity index is 1.51. The van der Waals surface area contributed by atoms with Crippen LogP contribution in [0.2, 0.25) is 5.02 Å². The van der Waals surface area contributed by atoms with Crippen LogP contribution in [0.4, 0.5) is 0 Å². The van der Waals surface area contributed by atoms with Crippen molar-refractivity contribution in [3.05, 3.63) is 71.0 Å². The van der Waals surface area contributed by atoms with Gasteiger partial charge in [-0.25, -0.2) is 0 Å². The molecule has 1 fully saturated rings. The molecule has 1 amide bonds. The van der Waals surface area contributed by atoms with Crippen molar-refractivity contribution in [2.24, 2.45) is 5.92 Å². The number of benzene rings is 2. The molecular weight excluding hydrogens is 400 g/mol. The predicted octanol–water partition coefficient (Wildman–Crippen LogP) is 4.55. The van der Waals surface area contributed by atoms with Gasteiger partial charge in [-0.15, -0.1) is 0 Å². The lowest BCUT2D eigenvalue weighted by molar-refractivity contribution is 0.0505. The molecule has 1 saturated heterocycles. The summed E-state index contributed by atoms with van der Waals surface area (Å²) >= 11 is 6.04. The zero-order valence-corrected chi connectivity index (χ0v) is 17.9. The van der Waals surface area contributed by atoms with E-state index in [2.05, 4.69) is 17.1 Å². The first kappa shape index (κ1) is 20.4. The number of aryl methyl sites for hydroxylation is 1. The Labute approximate surface area is 181 Å². The summed E-state index contributed by atoms with van der Waals surface area (Å²) in [6.07, 6.45) is 5.19. The highest BCUT2D eigenvalue weighted by Gasteiger charge is 2.31. The highest BCUT2D eigenvalue weighted by molar-refractivity contribution is 6.30. The van der Waals surface area contributed by atoms with Crippen molar-refractivity contribution in [3.8, 4) is 11.4 Å². The average Bonchev–Trinajstić information content (AvgIpc) is 3.27. The minimum absolute atomic E-state index is 0.00551. The minimum Gasteiger partial charge on any atom is -0.493 e. The summed E-state index contributed by atoms with van der Waals surface area (Å²) in [4.78, 5) is 17.0. The number of likely N-dealkylation sites (tertiary alicyclic amines) is 1. The molecule has 1 aliphatic rings. The van der Waals surface area contributed by atoms with Gasteiger partial charge in [0.2, 0.25) is 0 Å². The van der Waals surface area contributed by atoms with Crippen molar-refractivity contribution >= 4 is 17.5 Å². The monoisotopic (exact) mass is 424 g/mol. The molecule has 1 aromatic heterocycles. The molecule has 1 aliphatic heterocycles. The van der Waals surface area contributed by atoms with E-state index in [0.29, 0.717) is 29.4 Å². The Morgan fingerprint density at radius 2 is 1.97 bits per heavy atom. The molecule has 6 nitrogen and oxygen atoms in total. The van der Waals surface area contributed by atoms with Crippen molar-refractivity contribution in [1.82, 2.24) is 19.9 Å². The Morgan fingerprint density at radius 1 is 1.17 bits per heavy atom. The molecule has 3 aromatic rings. The first-order chi connectivity index (χ1) is 14.5. The largest absolute Gasteiger partial charge is 0.493 e. The van der Waals surface area contributed by atoms with E-state index in [4.69, 9.17) is 16.3 Å². The van der Waals surface area contributed by atoms with Gasteiger partial charge >= 0.3 is 0 Å². The molecule has 0 aliphatic carbocycles. The lowest BCUT2D eigenvalue weighted by Crippen LogP contribution is -2.47. The van der Waals surface area contributed by atoms with E-state index in [1.54, 1.807) is 12.4 Å². The van der Waals surface area contributed by atoms with E-state index in [0.717, 1.165) is 24.2 Å². The van der Waals surface area contributed by atoms with Crippen molar-refractivity contribution < 1.29 is 9.53 Å². The Bertz CT molecular complexity index is 1020. The summed E-state index contributed by atoms with van der Waals surface area (Å²) in [5.74, 6) is 1.02. The number of rotatable bonds is 5. The molecule has 2 aromatic carbocycles. The molecule has 0 spiro atoms. The van der Waals surface area contributed by atoms with Crippen LogP contribution in [0.25, 0.3) is 5.69 Å². The molecule has 0 radical (unpaired) electrons. The van der Waals surface area contributed by atoms with Gasteiger partial charge in [0.1, 0.15) is 5.75 Å². The second-order valence-corrected chi connectivity index (χ2v) is 8.29. The summed E-state index contributed by atoms with van der Waals surface area (Å²) in [5, 5.41) is 9.08. The van der Waals surface area contributed by atoms with Crippen molar-refractivity contribution in [3.63, 3.8) is 0 Å². The summed E-state index contributed by atoms with van der Waals surface area (Å²) in [7, 11) is 0. The second kappa shape index (κ2) is 8.88. The molecule has 2 heterocycles. The number of hydrogen-bond donors (Lipinski definition) is 0. The van der Waals surface area contributed by atoms with Crippen LogP contribution in [0.1, 0.15) is 35.7 Å². The molecule has 7 heteroatoms. The first-order valence-electron chi connectivity index (χ1n) is 10.2. The SMILES string of the molecule is Cc1ccc(-n2nccn2)c(C(=O)N2C[C@H](COc3cccc(Cl)c3)CC[C@@H]2C)c1. The quantitative estimate of drug-likeness (QED) is 0.602. The van der Waals surface area contributed by atoms with Gasteiger partial charge in [-0.1, -0.05) is 29.3 Å². The number of carbonyl (C=O) groups excluding carboxylic acids is 1. The minimum atomic E-state index is 0.00551. The van der Waals surface area contributed by atoms with Gasteiger partial charge < -0.3 is 9.64 Å². The predicted molar refractivity (Wildman–Crippen MR) is 116 cm³/mol. The third-order valence-corrected chi connectivity index (χ3v) is 5.77. The number of halogens is 1. The van der Waals surface area contributed by atoms with E-state index in [1.807, 2.05) is 54.3 Å². The van der Waals surface area contributed by atoms with Crippen LogP contribution in [0.5, 0.6) is 5.75 Å². The van der Waals surface area contributed by atoms with Crippen LogP contribution in [0.3, 0.4) is 0 Å². The molecular formula is C23H25ClN4O2. The number of amides is 1. The molecule has 30 heavy (non-hydrogen) atoms. The summed E-state index contributed by atoms with van der Waals surface area (Å²) in [5.41, 5.74) is 2.34. The fourth-order valence-electron chi connectivity index (χ4n) is 3.86. The summed E-state index contributed by atoms with van der Waals surface area (Å²) < 4.78 is 5.95. The van der Waals surface area contributed by atoms with Gasteiger partial charge in [0.05, 0.1) is 30.3 Å². The molecule has 4 rings (SSSR count). The van der Waals surface area contributed by atoms with Crippen LogP contribution >= 0.6 is 11.6 Å². The van der Waals surface area contributed by atoms with E-state index in [9.17, 15) is 4.79 Å². The molecule has 0 saturated carbocycles. The van der Waals surface area contributed by atoms with Gasteiger partial charge in [0.25, 0.3) is 5.91 Å². The van der Waals surface area contributed by atoms with Gasteiger partial charge in [-0.3, -0.25) is 4.79 Å². The number of aromatic nitrogens is 3. The van der Waals surface area contributed by atoms with Gasteiger partial charge in [0, 0.05) is 23.5 Å². The van der Waals surface area contributed by atoms with Crippen molar-refractivity contribution in [2.45, 2.75) is 32.7 Å². The maximum absolute atomic E-state index is 13.5. The zero-order chi connectivity index (χ0) is 21.1. The molecule has 2 atom stereocenters. The topological polar surface area (TPSA) is 60.2 Å². The maximum Gasteiger partial charge on any atom is 0.256 e. The lowest BCUT2D eigenvalue weighted by Gasteiger charge is -2.38. The third kappa shape index (κ3) is 4.49. The van der Waals surface area contributed by atoms with Crippen LogP contribution in [-0.2, 0) is 0 Å². The highest BCUT2D eigenvalue weighted by Crippen LogP contribution is 2.27. The number of piperidine rings is 1.